The normalized spacial score (nSPS) is 10.5. The van der Waals surface area contributed by atoms with E-state index in [4.69, 9.17) is 14.3 Å². The molecule has 2 aromatic rings. The molecule has 7 nitrogen and oxygen atoms in total. The molecule has 0 aliphatic carbocycles. The molecule has 23 heavy (non-hydrogen) atoms. The molecule has 2 rings (SSSR count). The summed E-state index contributed by atoms with van der Waals surface area (Å²) in [5.41, 5.74) is -0.526. The quantitative estimate of drug-likeness (QED) is 0.595. The third-order valence-corrected chi connectivity index (χ3v) is 3.12. The molecule has 1 heterocycles. The molecule has 7 heteroatoms. The molecule has 0 bridgehead atoms. The molecule has 122 valence electrons. The van der Waals surface area contributed by atoms with Crippen molar-refractivity contribution in [3.8, 4) is 5.75 Å². The van der Waals surface area contributed by atoms with Crippen LogP contribution >= 0.6 is 0 Å². The second kappa shape index (κ2) is 7.44. The Labute approximate surface area is 131 Å². The number of carbonyl (C=O) groups excluding carboxylic acids is 1. The molecule has 1 aromatic carbocycles. The molecule has 0 radical (unpaired) electrons. The van der Waals surface area contributed by atoms with Crippen LogP contribution in [0.15, 0.2) is 33.5 Å². The highest BCUT2D eigenvalue weighted by molar-refractivity contribution is 5.96. The molecule has 0 unspecified atom stereocenters. The van der Waals surface area contributed by atoms with Crippen molar-refractivity contribution in [2.75, 3.05) is 13.2 Å². The van der Waals surface area contributed by atoms with Crippen LogP contribution in [0, 0.1) is 0 Å². The van der Waals surface area contributed by atoms with Crippen molar-refractivity contribution in [1.82, 2.24) is 5.32 Å². The van der Waals surface area contributed by atoms with Crippen molar-refractivity contribution in [2.45, 2.75) is 19.8 Å². The van der Waals surface area contributed by atoms with E-state index in [-0.39, 0.29) is 24.9 Å². The van der Waals surface area contributed by atoms with Gasteiger partial charge in [0.05, 0.1) is 6.61 Å². The van der Waals surface area contributed by atoms with Crippen LogP contribution in [0.25, 0.3) is 11.0 Å². The predicted octanol–water partition coefficient (Wildman–Crippen LogP) is 1.79. The number of carbonyl (C=O) groups is 2. The van der Waals surface area contributed by atoms with Gasteiger partial charge in [-0.05, 0) is 31.5 Å². The van der Waals surface area contributed by atoms with Crippen LogP contribution in [0.5, 0.6) is 5.75 Å². The summed E-state index contributed by atoms with van der Waals surface area (Å²) in [5, 5.41) is 11.6. The molecule has 2 N–H and O–H groups in total. The van der Waals surface area contributed by atoms with Crippen molar-refractivity contribution >= 4 is 22.8 Å². The van der Waals surface area contributed by atoms with Crippen LogP contribution in [0.3, 0.4) is 0 Å². The topological polar surface area (TPSA) is 106 Å². The van der Waals surface area contributed by atoms with Gasteiger partial charge in [0.25, 0.3) is 5.91 Å². The smallest absolute Gasteiger partial charge is 0.349 e. The molecule has 0 saturated heterocycles. The summed E-state index contributed by atoms with van der Waals surface area (Å²) in [7, 11) is 0. The SMILES string of the molecule is CCOc1ccc2cc(C(=O)NCCCC(=O)O)c(=O)oc2c1. The molecule has 1 amide bonds. The van der Waals surface area contributed by atoms with Gasteiger partial charge in [-0.25, -0.2) is 4.79 Å². The van der Waals surface area contributed by atoms with Crippen LogP contribution in [-0.4, -0.2) is 30.1 Å². The number of carboxylic acid groups (broad SMARTS) is 1. The molecule has 0 atom stereocenters. The summed E-state index contributed by atoms with van der Waals surface area (Å²) in [6, 6.07) is 6.46. The highest BCUT2D eigenvalue weighted by atomic mass is 16.5. The number of hydrogen-bond acceptors (Lipinski definition) is 5. The van der Waals surface area contributed by atoms with E-state index in [2.05, 4.69) is 5.32 Å². The zero-order chi connectivity index (χ0) is 16.8. The van der Waals surface area contributed by atoms with Gasteiger partial charge in [0.2, 0.25) is 0 Å². The summed E-state index contributed by atoms with van der Waals surface area (Å²) < 4.78 is 10.5. The Balaban J connectivity index is 2.16. The van der Waals surface area contributed by atoms with Crippen LogP contribution in [-0.2, 0) is 4.79 Å². The van der Waals surface area contributed by atoms with Crippen LogP contribution < -0.4 is 15.7 Å². The number of aliphatic carboxylic acids is 1. The third-order valence-electron chi connectivity index (χ3n) is 3.12. The van der Waals surface area contributed by atoms with E-state index < -0.39 is 17.5 Å². The highest BCUT2D eigenvalue weighted by Crippen LogP contribution is 2.20. The number of amides is 1. The molecule has 0 aliphatic heterocycles. The van der Waals surface area contributed by atoms with Gasteiger partial charge in [-0.3, -0.25) is 9.59 Å². The molecule has 0 saturated carbocycles. The fraction of sp³-hybridized carbons (Fsp3) is 0.312. The minimum Gasteiger partial charge on any atom is -0.494 e. The summed E-state index contributed by atoms with van der Waals surface area (Å²) >= 11 is 0. The zero-order valence-electron chi connectivity index (χ0n) is 12.6. The summed E-state index contributed by atoms with van der Waals surface area (Å²) in [5.74, 6) is -0.941. The average Bonchev–Trinajstić information content (AvgIpc) is 2.50. The van der Waals surface area contributed by atoms with Gasteiger partial charge in [-0.2, -0.15) is 0 Å². The van der Waals surface area contributed by atoms with Gasteiger partial charge in [-0.1, -0.05) is 0 Å². The van der Waals surface area contributed by atoms with Crippen molar-refractivity contribution < 1.29 is 23.8 Å². The second-order valence-electron chi connectivity index (χ2n) is 4.83. The highest BCUT2D eigenvalue weighted by Gasteiger charge is 2.13. The Morgan fingerprint density at radius 3 is 2.78 bits per heavy atom. The van der Waals surface area contributed by atoms with E-state index in [9.17, 15) is 14.4 Å². The summed E-state index contributed by atoms with van der Waals surface area (Å²) in [6.45, 7) is 2.51. The minimum atomic E-state index is -0.936. The van der Waals surface area contributed by atoms with Crippen molar-refractivity contribution in [3.05, 3.63) is 40.2 Å². The lowest BCUT2D eigenvalue weighted by Crippen LogP contribution is -2.29. The summed E-state index contributed by atoms with van der Waals surface area (Å²) in [4.78, 5) is 34.3. The zero-order valence-corrected chi connectivity index (χ0v) is 12.6. The molecule has 1 aromatic heterocycles. The van der Waals surface area contributed by atoms with Crippen LogP contribution in [0.1, 0.15) is 30.1 Å². The van der Waals surface area contributed by atoms with Gasteiger partial charge in [-0.15, -0.1) is 0 Å². The van der Waals surface area contributed by atoms with E-state index in [0.717, 1.165) is 0 Å². The fourth-order valence-electron chi connectivity index (χ4n) is 2.04. The lowest BCUT2D eigenvalue weighted by Gasteiger charge is -2.06. The van der Waals surface area contributed by atoms with Gasteiger partial charge >= 0.3 is 11.6 Å². The molecule has 0 spiro atoms. The first kappa shape index (κ1) is 16.5. The average molecular weight is 319 g/mol. The maximum atomic E-state index is 12.0. The van der Waals surface area contributed by atoms with E-state index in [1.807, 2.05) is 6.92 Å². The maximum absolute atomic E-state index is 12.0. The number of fused-ring (bicyclic) bond motifs is 1. The van der Waals surface area contributed by atoms with Crippen LogP contribution in [0.2, 0.25) is 0 Å². The number of carboxylic acids is 1. The number of benzene rings is 1. The molecule has 0 fully saturated rings. The molecular formula is C16H17NO6. The number of nitrogens with one attached hydrogen (secondary N) is 1. The van der Waals surface area contributed by atoms with Gasteiger partial charge < -0.3 is 19.6 Å². The van der Waals surface area contributed by atoms with E-state index >= 15 is 0 Å². The van der Waals surface area contributed by atoms with Gasteiger partial charge in [0.15, 0.2) is 0 Å². The summed E-state index contributed by atoms with van der Waals surface area (Å²) in [6.07, 6.45) is 0.241. The Bertz CT molecular complexity index is 780. The van der Waals surface area contributed by atoms with Crippen molar-refractivity contribution in [2.24, 2.45) is 0 Å². The first-order valence-electron chi connectivity index (χ1n) is 7.22. The molecule has 0 aliphatic rings. The number of ether oxygens (including phenoxy) is 1. The predicted molar refractivity (Wildman–Crippen MR) is 82.9 cm³/mol. The van der Waals surface area contributed by atoms with Crippen molar-refractivity contribution in [1.29, 1.82) is 0 Å². The van der Waals surface area contributed by atoms with Gasteiger partial charge in [0, 0.05) is 24.4 Å². The van der Waals surface area contributed by atoms with Gasteiger partial charge in [0.1, 0.15) is 16.9 Å². The van der Waals surface area contributed by atoms with Crippen molar-refractivity contribution in [3.63, 3.8) is 0 Å². The Kier molecular flexibility index (Phi) is 5.35. The Morgan fingerprint density at radius 2 is 2.09 bits per heavy atom. The monoisotopic (exact) mass is 319 g/mol. The second-order valence-corrected chi connectivity index (χ2v) is 4.83. The van der Waals surface area contributed by atoms with Crippen LogP contribution in [0.4, 0.5) is 0 Å². The maximum Gasteiger partial charge on any atom is 0.349 e. The number of rotatable bonds is 7. The fourth-order valence-corrected chi connectivity index (χ4v) is 2.04. The van der Waals surface area contributed by atoms with E-state index in [1.165, 1.54) is 6.07 Å². The first-order valence-corrected chi connectivity index (χ1v) is 7.22. The van der Waals surface area contributed by atoms with E-state index in [0.29, 0.717) is 23.3 Å². The minimum absolute atomic E-state index is 0.0488. The molecular weight excluding hydrogens is 302 g/mol. The lowest BCUT2D eigenvalue weighted by atomic mass is 10.1. The first-order chi connectivity index (χ1) is 11.0. The number of hydrogen-bond donors (Lipinski definition) is 2. The largest absolute Gasteiger partial charge is 0.494 e. The third kappa shape index (κ3) is 4.32. The Hall–Kier alpha value is -2.83. The van der Waals surface area contributed by atoms with E-state index in [1.54, 1.807) is 18.2 Å². The Morgan fingerprint density at radius 1 is 1.30 bits per heavy atom. The standard InChI is InChI=1S/C16H17NO6/c1-2-22-11-6-5-10-8-12(16(21)23-13(10)9-11)15(20)17-7-3-4-14(18)19/h5-6,8-9H,2-4,7H2,1H3,(H,17,20)(H,18,19). The lowest BCUT2D eigenvalue weighted by molar-refractivity contribution is -0.137.